The highest BCUT2D eigenvalue weighted by Gasteiger charge is 2.23. The number of para-hydroxylation sites is 1. The molecule has 150 valence electrons. The van der Waals surface area contributed by atoms with Gasteiger partial charge in [0.25, 0.3) is 10.0 Å². The maximum absolute atomic E-state index is 13.0. The van der Waals surface area contributed by atoms with E-state index < -0.39 is 16.1 Å². The van der Waals surface area contributed by atoms with Crippen molar-refractivity contribution in [2.45, 2.75) is 11.8 Å². The zero-order valence-corrected chi connectivity index (χ0v) is 17.2. The normalized spacial score (nSPS) is 11.0. The maximum Gasteiger partial charge on any atom is 0.323 e. The fourth-order valence-electron chi connectivity index (χ4n) is 2.75. The van der Waals surface area contributed by atoms with E-state index in [-0.39, 0.29) is 4.90 Å². The van der Waals surface area contributed by atoms with Crippen molar-refractivity contribution >= 4 is 44.7 Å². The number of anilines is 3. The van der Waals surface area contributed by atoms with Crippen LogP contribution in [0.15, 0.2) is 83.8 Å². The van der Waals surface area contributed by atoms with Crippen molar-refractivity contribution in [1.82, 2.24) is 0 Å². The number of benzene rings is 3. The predicted molar refractivity (Wildman–Crippen MR) is 117 cm³/mol. The van der Waals surface area contributed by atoms with Gasteiger partial charge in [0.15, 0.2) is 0 Å². The van der Waals surface area contributed by atoms with Gasteiger partial charge < -0.3 is 10.6 Å². The molecule has 6 nitrogen and oxygen atoms in total. The van der Waals surface area contributed by atoms with Gasteiger partial charge in [-0.2, -0.15) is 0 Å². The molecule has 29 heavy (non-hydrogen) atoms. The van der Waals surface area contributed by atoms with Gasteiger partial charge in [-0.05, 0) is 67.6 Å². The van der Waals surface area contributed by atoms with Gasteiger partial charge in [-0.3, -0.25) is 4.31 Å². The number of nitrogens with one attached hydrogen (secondary N) is 2. The molecule has 0 aliphatic carbocycles. The molecule has 3 aromatic rings. The van der Waals surface area contributed by atoms with Crippen LogP contribution < -0.4 is 14.9 Å². The average Bonchev–Trinajstić information content (AvgIpc) is 2.71. The molecule has 0 radical (unpaired) electrons. The summed E-state index contributed by atoms with van der Waals surface area (Å²) < 4.78 is 27.3. The van der Waals surface area contributed by atoms with Gasteiger partial charge in [0.05, 0.1) is 10.6 Å². The van der Waals surface area contributed by atoms with Crippen molar-refractivity contribution in [3.05, 3.63) is 83.9 Å². The molecule has 0 saturated carbocycles. The van der Waals surface area contributed by atoms with Crippen molar-refractivity contribution in [3.8, 4) is 0 Å². The van der Waals surface area contributed by atoms with Crippen molar-refractivity contribution in [2.75, 3.05) is 21.5 Å². The first-order chi connectivity index (χ1) is 13.9. The summed E-state index contributed by atoms with van der Waals surface area (Å²) in [5, 5.41) is 5.92. The number of carbonyl (C=O) groups is 1. The highest BCUT2D eigenvalue weighted by molar-refractivity contribution is 7.92. The summed E-state index contributed by atoms with van der Waals surface area (Å²) in [5.41, 5.74) is 1.66. The first kappa shape index (κ1) is 20.7. The van der Waals surface area contributed by atoms with Crippen LogP contribution in [0.4, 0.5) is 21.9 Å². The van der Waals surface area contributed by atoms with E-state index in [9.17, 15) is 13.2 Å². The Balaban J connectivity index is 1.71. The Morgan fingerprint density at radius 1 is 0.862 bits per heavy atom. The summed E-state index contributed by atoms with van der Waals surface area (Å²) in [4.78, 5) is 12.3. The molecule has 2 N–H and O–H groups in total. The summed E-state index contributed by atoms with van der Waals surface area (Å²) in [6.07, 6.45) is 0. The molecular weight excluding hydrogens is 410 g/mol. The van der Waals surface area contributed by atoms with E-state index >= 15 is 0 Å². The zero-order chi connectivity index (χ0) is 20.9. The second-order valence-electron chi connectivity index (χ2n) is 6.12. The third-order valence-corrected chi connectivity index (χ3v) is 6.30. The topological polar surface area (TPSA) is 78.5 Å². The average molecular weight is 430 g/mol. The molecule has 3 rings (SSSR count). The highest BCUT2D eigenvalue weighted by Crippen LogP contribution is 2.24. The Hall–Kier alpha value is -3.03. The van der Waals surface area contributed by atoms with Crippen molar-refractivity contribution < 1.29 is 13.2 Å². The SMILES string of the molecule is CCN(c1ccccc1)S(=O)(=O)c1ccc(NC(=O)Nc2ccc(Cl)cc2)cc1. The molecule has 0 spiro atoms. The Bertz CT molecular complexity index is 1070. The van der Waals surface area contributed by atoms with Crippen LogP contribution in [0.1, 0.15) is 6.92 Å². The lowest BCUT2D eigenvalue weighted by molar-refractivity contribution is 0.262. The van der Waals surface area contributed by atoms with Crippen molar-refractivity contribution in [1.29, 1.82) is 0 Å². The van der Waals surface area contributed by atoms with Gasteiger partial charge in [-0.1, -0.05) is 29.8 Å². The van der Waals surface area contributed by atoms with Crippen LogP contribution in [0, 0.1) is 0 Å². The van der Waals surface area contributed by atoms with Gasteiger partial charge in [-0.25, -0.2) is 13.2 Å². The van der Waals surface area contributed by atoms with Crippen molar-refractivity contribution in [3.63, 3.8) is 0 Å². The van der Waals surface area contributed by atoms with Gasteiger partial charge >= 0.3 is 6.03 Å². The Kier molecular flexibility index (Phi) is 6.41. The second-order valence-corrected chi connectivity index (χ2v) is 8.41. The number of rotatable bonds is 6. The Morgan fingerprint density at radius 2 is 1.38 bits per heavy atom. The molecule has 0 aliphatic rings. The number of hydrogen-bond donors (Lipinski definition) is 2. The lowest BCUT2D eigenvalue weighted by Gasteiger charge is -2.23. The summed E-state index contributed by atoms with van der Waals surface area (Å²) in [6, 6.07) is 21.2. The van der Waals surface area contributed by atoms with Crippen molar-refractivity contribution in [2.24, 2.45) is 0 Å². The quantitative estimate of drug-likeness (QED) is 0.565. The van der Waals surface area contributed by atoms with Gasteiger partial charge in [-0.15, -0.1) is 0 Å². The molecule has 0 unspecified atom stereocenters. The lowest BCUT2D eigenvalue weighted by atomic mass is 10.3. The largest absolute Gasteiger partial charge is 0.323 e. The molecular formula is C21H20ClN3O3S. The van der Waals surface area contributed by atoms with E-state index in [0.29, 0.717) is 28.6 Å². The lowest BCUT2D eigenvalue weighted by Crippen LogP contribution is -2.30. The maximum atomic E-state index is 13.0. The van der Waals surface area contributed by atoms with Crippen LogP contribution in [-0.2, 0) is 10.0 Å². The number of nitrogens with zero attached hydrogens (tertiary/aromatic N) is 1. The predicted octanol–water partition coefficient (Wildman–Crippen LogP) is 5.20. The molecule has 3 aromatic carbocycles. The van der Waals surface area contributed by atoms with Crippen LogP contribution in [0.3, 0.4) is 0 Å². The van der Waals surface area contributed by atoms with E-state index in [1.807, 2.05) is 6.07 Å². The second kappa shape index (κ2) is 8.98. The smallest absolute Gasteiger partial charge is 0.308 e. The summed E-state index contributed by atoms with van der Waals surface area (Å²) >= 11 is 5.82. The zero-order valence-electron chi connectivity index (χ0n) is 15.7. The minimum Gasteiger partial charge on any atom is -0.308 e. The first-order valence-corrected chi connectivity index (χ1v) is 10.7. The fraction of sp³-hybridized carbons (Fsp3) is 0.0952. The Morgan fingerprint density at radius 3 is 1.90 bits per heavy atom. The minimum atomic E-state index is -3.71. The first-order valence-electron chi connectivity index (χ1n) is 8.91. The summed E-state index contributed by atoms with van der Waals surface area (Å²) in [6.45, 7) is 2.08. The monoisotopic (exact) mass is 429 g/mol. The third-order valence-electron chi connectivity index (χ3n) is 4.13. The molecule has 0 atom stereocenters. The van der Waals surface area contributed by atoms with E-state index in [4.69, 9.17) is 11.6 Å². The number of halogens is 1. The molecule has 0 aliphatic heterocycles. The Labute approximate surface area is 175 Å². The summed E-state index contributed by atoms with van der Waals surface area (Å²) in [7, 11) is -3.71. The van der Waals surface area contributed by atoms with Crippen LogP contribution >= 0.6 is 11.6 Å². The fourth-order valence-corrected chi connectivity index (χ4v) is 4.35. The highest BCUT2D eigenvalue weighted by atomic mass is 35.5. The minimum absolute atomic E-state index is 0.145. The van der Waals surface area contributed by atoms with Crippen LogP contribution in [-0.4, -0.2) is 21.0 Å². The van der Waals surface area contributed by atoms with E-state index in [0.717, 1.165) is 0 Å². The van der Waals surface area contributed by atoms with E-state index in [2.05, 4.69) is 10.6 Å². The molecule has 0 heterocycles. The number of carbonyl (C=O) groups excluding carboxylic acids is 1. The molecule has 0 bridgehead atoms. The van der Waals surface area contributed by atoms with Gasteiger partial charge in [0.1, 0.15) is 0 Å². The summed E-state index contributed by atoms with van der Waals surface area (Å²) in [5.74, 6) is 0. The standard InChI is InChI=1S/C21H20ClN3O3S/c1-2-25(19-6-4-3-5-7-19)29(27,28)20-14-12-18(13-15-20)24-21(26)23-17-10-8-16(22)9-11-17/h3-15H,2H2,1H3,(H2,23,24,26). The number of amides is 2. The van der Waals surface area contributed by atoms with Gasteiger partial charge in [0, 0.05) is 22.9 Å². The third kappa shape index (κ3) is 5.07. The molecule has 0 fully saturated rings. The number of urea groups is 1. The molecule has 8 heteroatoms. The van der Waals surface area contributed by atoms with E-state index in [1.165, 1.54) is 16.4 Å². The molecule has 2 amide bonds. The van der Waals surface area contributed by atoms with Crippen LogP contribution in [0.2, 0.25) is 5.02 Å². The van der Waals surface area contributed by atoms with Gasteiger partial charge in [0.2, 0.25) is 0 Å². The van der Waals surface area contributed by atoms with Crippen LogP contribution in [0.25, 0.3) is 0 Å². The molecule has 0 aromatic heterocycles. The molecule has 0 saturated heterocycles. The van der Waals surface area contributed by atoms with E-state index in [1.54, 1.807) is 67.6 Å². The number of sulfonamides is 1. The number of hydrogen-bond acceptors (Lipinski definition) is 3. The van der Waals surface area contributed by atoms with Crippen LogP contribution in [0.5, 0.6) is 0 Å².